The number of piperazine rings is 1. The standard InChI is InChI=1S/C60H90N8O9/c1-12-21-63-24-26-65(27-25-63)47-31-49(54(61-33-47)43(5)73-10)56-50(32-58(7,8)37-77-44(6)70)48-30-46(16-17-52(48)67(56)13-2)64(28-29-72-9)23-19-53(66-35-59(36-66)38-75-39-59)51(34-69)62-57(71)55(42(3)4)68-22-14-15-45(68)18-20-60(74-11)40-76-41-60/h16-17,30-31,33-34,42-43,45,51,53,55H,12-15,19,21-29,32,35-41H2,1-11H3,(H,62,71). The molecule has 5 aliphatic heterocycles. The molecule has 5 unspecified atom stereocenters. The van der Waals surface area contributed by atoms with Crippen molar-refractivity contribution in [3.63, 3.8) is 0 Å². The number of nitrogens with one attached hydrogen (secondary N) is 1. The molecule has 3 aromatic rings. The second-order valence-electron chi connectivity index (χ2n) is 23.7. The van der Waals surface area contributed by atoms with E-state index in [9.17, 15) is 14.4 Å². The Hall–Kier alpha value is -4.64. The van der Waals surface area contributed by atoms with E-state index in [1.54, 1.807) is 21.3 Å². The third-order valence-electron chi connectivity index (χ3n) is 16.9. The molecular weight excluding hydrogens is 977 g/mol. The van der Waals surface area contributed by atoms with Gasteiger partial charge in [0.05, 0.1) is 81.1 Å². The van der Waals surface area contributed by atoms with Crippen LogP contribution in [-0.4, -0.2) is 199 Å². The summed E-state index contributed by atoms with van der Waals surface area (Å²) in [7, 11) is 5.13. The smallest absolute Gasteiger partial charge is 0.302 e. The number of benzene rings is 1. The molecule has 5 atom stereocenters. The Balaban J connectivity index is 1.14. The van der Waals surface area contributed by atoms with Gasteiger partial charge in [-0.3, -0.25) is 29.3 Å². The lowest BCUT2D eigenvalue weighted by molar-refractivity contribution is -0.200. The Morgan fingerprint density at radius 1 is 1.00 bits per heavy atom. The summed E-state index contributed by atoms with van der Waals surface area (Å²) in [6, 6.07) is 7.50. The number of rotatable bonds is 26. The minimum Gasteiger partial charge on any atom is -0.465 e. The molecule has 7 heterocycles. The molecule has 424 valence electrons. The number of aryl methyl sites for hydroxylation is 1. The maximum Gasteiger partial charge on any atom is 0.302 e. The molecule has 2 aromatic heterocycles. The summed E-state index contributed by atoms with van der Waals surface area (Å²) in [6.07, 6.45) is 6.84. The molecule has 0 bridgehead atoms. The topological polar surface area (TPSA) is 153 Å². The Kier molecular flexibility index (Phi) is 19.5. The molecule has 0 aliphatic carbocycles. The zero-order valence-electron chi connectivity index (χ0n) is 48.3. The third kappa shape index (κ3) is 13.2. The number of carbonyl (C=O) groups excluding carboxylic acids is 3. The summed E-state index contributed by atoms with van der Waals surface area (Å²) >= 11 is 0. The van der Waals surface area contributed by atoms with E-state index in [1.165, 1.54) is 6.92 Å². The van der Waals surface area contributed by atoms with Crippen LogP contribution >= 0.6 is 0 Å². The molecule has 5 saturated heterocycles. The van der Waals surface area contributed by atoms with E-state index in [2.05, 4.69) is 119 Å². The van der Waals surface area contributed by atoms with Crippen LogP contribution in [0.25, 0.3) is 22.2 Å². The van der Waals surface area contributed by atoms with E-state index >= 15 is 0 Å². The van der Waals surface area contributed by atoms with E-state index in [1.807, 2.05) is 6.20 Å². The van der Waals surface area contributed by atoms with Gasteiger partial charge in [0.2, 0.25) is 5.91 Å². The van der Waals surface area contributed by atoms with Gasteiger partial charge in [0.25, 0.3) is 0 Å². The SMILES string of the molecule is CCCN1CCN(c2cnc(C(C)OC)c(-c3c(CC(C)(C)COC(C)=O)c4cc(N(CCOC)CCC(C(C=O)NC(=O)C(C(C)C)N5CCCC5C#CC5(OC)COC5)N5CC6(COC6)C5)ccc4n3CC)c2)CC1. The minimum atomic E-state index is -0.745. The molecule has 17 heteroatoms. The summed E-state index contributed by atoms with van der Waals surface area (Å²) in [5.41, 5.74) is 6.43. The van der Waals surface area contributed by atoms with E-state index in [-0.39, 0.29) is 48.0 Å². The second kappa shape index (κ2) is 25.6. The highest BCUT2D eigenvalue weighted by atomic mass is 16.6. The van der Waals surface area contributed by atoms with Crippen molar-refractivity contribution < 1.29 is 42.8 Å². The minimum absolute atomic E-state index is 0.0210. The quantitative estimate of drug-likeness (QED) is 0.0549. The Morgan fingerprint density at radius 3 is 2.34 bits per heavy atom. The van der Waals surface area contributed by atoms with Gasteiger partial charge in [0.1, 0.15) is 12.3 Å². The number of hydrogen-bond acceptors (Lipinski definition) is 15. The number of pyridine rings is 1. The number of hydrogen-bond donors (Lipinski definition) is 1. The van der Waals surface area contributed by atoms with Crippen molar-refractivity contribution in [3.05, 3.63) is 41.7 Å². The number of amides is 1. The highest BCUT2D eigenvalue weighted by molar-refractivity contribution is 5.95. The van der Waals surface area contributed by atoms with Crippen molar-refractivity contribution in [1.82, 2.24) is 29.6 Å². The normalized spacial score (nSPS) is 21.1. The van der Waals surface area contributed by atoms with Crippen LogP contribution in [0.15, 0.2) is 30.5 Å². The zero-order valence-corrected chi connectivity index (χ0v) is 48.3. The number of likely N-dealkylation sites (tertiary alicyclic amines) is 2. The summed E-state index contributed by atoms with van der Waals surface area (Å²) in [5, 5.41) is 4.42. The van der Waals surface area contributed by atoms with Gasteiger partial charge in [-0.05, 0) is 88.2 Å². The van der Waals surface area contributed by atoms with Crippen LogP contribution in [0.5, 0.6) is 0 Å². The lowest BCUT2D eigenvalue weighted by Gasteiger charge is -2.58. The van der Waals surface area contributed by atoms with Crippen molar-refractivity contribution in [3.8, 4) is 23.1 Å². The Labute approximate surface area is 458 Å². The molecule has 5 aliphatic rings. The average molecular weight is 1070 g/mol. The van der Waals surface area contributed by atoms with Gasteiger partial charge in [-0.15, -0.1) is 0 Å². The molecule has 17 nitrogen and oxygen atoms in total. The highest BCUT2D eigenvalue weighted by Crippen LogP contribution is 2.44. The van der Waals surface area contributed by atoms with E-state index in [4.69, 9.17) is 33.4 Å². The molecule has 1 aromatic carbocycles. The van der Waals surface area contributed by atoms with E-state index < -0.39 is 23.1 Å². The maximum absolute atomic E-state index is 14.7. The van der Waals surface area contributed by atoms with Crippen LogP contribution in [0.4, 0.5) is 11.4 Å². The molecule has 0 saturated carbocycles. The fourth-order valence-corrected chi connectivity index (χ4v) is 12.5. The van der Waals surface area contributed by atoms with Gasteiger partial charge in [-0.2, -0.15) is 0 Å². The fraction of sp³-hybridized carbons (Fsp3) is 0.700. The van der Waals surface area contributed by atoms with Crippen molar-refractivity contribution >= 4 is 40.4 Å². The second-order valence-corrected chi connectivity index (χ2v) is 23.7. The summed E-state index contributed by atoms with van der Waals surface area (Å²) < 4.78 is 36.8. The lowest BCUT2D eigenvalue weighted by atomic mass is 9.76. The van der Waals surface area contributed by atoms with Gasteiger partial charge < -0.3 is 52.9 Å². The third-order valence-corrected chi connectivity index (χ3v) is 16.9. The number of carbonyl (C=O) groups is 3. The Morgan fingerprint density at radius 2 is 1.74 bits per heavy atom. The lowest BCUT2D eigenvalue weighted by Crippen LogP contribution is -2.71. The molecule has 1 N–H and O–H groups in total. The number of aldehydes is 1. The number of methoxy groups -OCH3 is 3. The van der Waals surface area contributed by atoms with Crippen LogP contribution in [-0.2, 0) is 55.8 Å². The van der Waals surface area contributed by atoms with Crippen LogP contribution < -0.4 is 15.1 Å². The molecule has 8 rings (SSSR count). The summed E-state index contributed by atoms with van der Waals surface area (Å²) in [5.74, 6) is 6.34. The van der Waals surface area contributed by atoms with Crippen molar-refractivity contribution in [2.75, 3.05) is 136 Å². The molecule has 1 spiro atoms. The van der Waals surface area contributed by atoms with E-state index in [0.717, 1.165) is 123 Å². The van der Waals surface area contributed by atoms with Crippen molar-refractivity contribution in [2.45, 2.75) is 130 Å². The summed E-state index contributed by atoms with van der Waals surface area (Å²) in [6.45, 7) is 28.7. The number of aromatic nitrogens is 2. The molecule has 5 fully saturated rings. The first-order valence-corrected chi connectivity index (χ1v) is 28.5. The van der Waals surface area contributed by atoms with Crippen LogP contribution in [0.1, 0.15) is 98.4 Å². The van der Waals surface area contributed by atoms with Crippen molar-refractivity contribution in [1.29, 1.82) is 0 Å². The van der Waals surface area contributed by atoms with Gasteiger partial charge >= 0.3 is 5.97 Å². The van der Waals surface area contributed by atoms with Crippen LogP contribution in [0.2, 0.25) is 0 Å². The summed E-state index contributed by atoms with van der Waals surface area (Å²) in [4.78, 5) is 57.7. The van der Waals surface area contributed by atoms with E-state index in [0.29, 0.717) is 65.5 Å². The highest BCUT2D eigenvalue weighted by Gasteiger charge is 2.52. The predicted octanol–water partition coefficient (Wildman–Crippen LogP) is 6.23. The molecule has 0 radical (unpaired) electrons. The van der Waals surface area contributed by atoms with Gasteiger partial charge in [0.15, 0.2) is 5.60 Å². The maximum atomic E-state index is 14.7. The average Bonchev–Trinajstić information content (AvgIpc) is 3.96. The monoisotopic (exact) mass is 1070 g/mol. The number of esters is 1. The van der Waals surface area contributed by atoms with Gasteiger partial charge in [0, 0.05) is 133 Å². The molecule has 1 amide bonds. The molecular formula is C60H90N8O9. The first-order chi connectivity index (χ1) is 37.0. The number of anilines is 2. The number of ether oxygens (including phenoxy) is 6. The van der Waals surface area contributed by atoms with Crippen molar-refractivity contribution in [2.24, 2.45) is 16.7 Å². The largest absolute Gasteiger partial charge is 0.465 e. The Bertz CT molecular complexity index is 2540. The van der Waals surface area contributed by atoms with Gasteiger partial charge in [-0.1, -0.05) is 46.5 Å². The van der Waals surface area contributed by atoms with Crippen LogP contribution in [0.3, 0.4) is 0 Å². The fourth-order valence-electron chi connectivity index (χ4n) is 12.5. The first-order valence-electron chi connectivity index (χ1n) is 28.5. The number of nitrogens with zero attached hydrogens (tertiary/aromatic N) is 7. The predicted molar refractivity (Wildman–Crippen MR) is 301 cm³/mol. The first kappa shape index (κ1) is 58.5. The molecule has 77 heavy (non-hydrogen) atoms. The number of fused-ring (bicyclic) bond motifs is 1. The van der Waals surface area contributed by atoms with Crippen LogP contribution in [0, 0.1) is 28.6 Å². The zero-order chi connectivity index (χ0) is 55.1. The van der Waals surface area contributed by atoms with Gasteiger partial charge in [-0.25, -0.2) is 0 Å².